The highest BCUT2D eigenvalue weighted by atomic mass is 19.2. The van der Waals surface area contributed by atoms with Crippen LogP contribution in [-0.4, -0.2) is 0 Å². The Morgan fingerprint density at radius 3 is 2.44 bits per heavy atom. The molecule has 2 heteroatoms. The lowest BCUT2D eigenvalue weighted by Crippen LogP contribution is -1.82. The highest BCUT2D eigenvalue weighted by molar-refractivity contribution is 5.42. The molecule has 1 rings (SSSR count). The van der Waals surface area contributed by atoms with E-state index in [0.29, 0.717) is 5.69 Å². The van der Waals surface area contributed by atoms with Gasteiger partial charge in [-0.25, -0.2) is 0 Å². The lowest BCUT2D eigenvalue weighted by Gasteiger charge is -1.94. The zero-order valence-electron chi connectivity index (χ0n) is 5.13. The van der Waals surface area contributed by atoms with E-state index in [-0.39, 0.29) is 0 Å². The Kier molecular flexibility index (Phi) is 1.68. The number of nitrogens with zero attached hydrogens (tertiary/aromatic N) is 1. The summed E-state index contributed by atoms with van der Waals surface area (Å²) in [5.74, 6) is 0. The van der Waals surface area contributed by atoms with Gasteiger partial charge in [0.15, 0.2) is 0 Å². The fourth-order valence-corrected chi connectivity index (χ4v) is 0.658. The van der Waals surface area contributed by atoms with E-state index < -0.39 is 0 Å². The zero-order valence-corrected chi connectivity index (χ0v) is 5.13. The maximum absolute atomic E-state index is 11.6. The van der Waals surface area contributed by atoms with Crippen molar-refractivity contribution in [3.63, 3.8) is 0 Å². The van der Waals surface area contributed by atoms with Crippen LogP contribution in [0.4, 0.5) is 10.2 Å². The maximum Gasteiger partial charge on any atom is 0.0989 e. The van der Waals surface area contributed by atoms with Gasteiger partial charge in [0, 0.05) is 0 Å². The second kappa shape index (κ2) is 2.49. The number of aryl methyl sites for hydroxylation is 1. The van der Waals surface area contributed by atoms with Crippen molar-refractivity contribution in [1.82, 2.24) is 5.54 Å². The lowest BCUT2D eigenvalue weighted by atomic mass is 10.2. The van der Waals surface area contributed by atoms with E-state index in [1.54, 1.807) is 12.1 Å². The third-order valence-corrected chi connectivity index (χ3v) is 1.21. The van der Waals surface area contributed by atoms with Gasteiger partial charge < -0.3 is 0 Å². The molecule has 1 radical (unpaired) electrons. The van der Waals surface area contributed by atoms with Crippen molar-refractivity contribution < 1.29 is 4.48 Å². The molecule has 0 spiro atoms. The monoisotopic (exact) mass is 124 g/mol. The molecule has 0 bridgehead atoms. The highest BCUT2D eigenvalue weighted by Gasteiger charge is 1.93. The predicted molar refractivity (Wildman–Crippen MR) is 34.1 cm³/mol. The molecule has 0 saturated carbocycles. The van der Waals surface area contributed by atoms with Gasteiger partial charge in [-0.1, -0.05) is 28.2 Å². The molecule has 9 heavy (non-hydrogen) atoms. The van der Waals surface area contributed by atoms with Crippen molar-refractivity contribution in [2.24, 2.45) is 0 Å². The van der Waals surface area contributed by atoms with Gasteiger partial charge in [-0.15, -0.1) is 0 Å². The lowest BCUT2D eigenvalue weighted by molar-refractivity contribution is 0.401. The number of benzene rings is 1. The number of hydrogen-bond donors (Lipinski definition) is 0. The third kappa shape index (κ3) is 1.19. The molecule has 0 aliphatic rings. The Bertz CT molecular complexity index is 198. The molecule has 0 amide bonds. The van der Waals surface area contributed by atoms with E-state index in [1.807, 2.05) is 19.1 Å². The molecule has 0 N–H and O–H groups in total. The summed E-state index contributed by atoms with van der Waals surface area (Å²) in [4.78, 5) is 0. The fourth-order valence-electron chi connectivity index (χ4n) is 0.658. The molecule has 1 aromatic carbocycles. The predicted octanol–water partition coefficient (Wildman–Crippen LogP) is 2.12. The van der Waals surface area contributed by atoms with Crippen LogP contribution in [0.5, 0.6) is 0 Å². The largest absolute Gasteiger partial charge is 0.0989 e. The molecule has 0 unspecified atom stereocenters. The van der Waals surface area contributed by atoms with E-state index >= 15 is 0 Å². The molecule has 0 saturated heterocycles. The topological polar surface area (TPSA) is 14.1 Å². The van der Waals surface area contributed by atoms with Crippen molar-refractivity contribution in [2.45, 2.75) is 6.92 Å². The van der Waals surface area contributed by atoms with E-state index in [9.17, 15) is 4.48 Å². The molecule has 47 valence electrons. The molecule has 0 fully saturated rings. The minimum Gasteiger partial charge on any atom is -0.0874 e. The summed E-state index contributed by atoms with van der Waals surface area (Å²) in [7, 11) is 0. The van der Waals surface area contributed by atoms with Crippen molar-refractivity contribution in [1.29, 1.82) is 0 Å². The van der Waals surface area contributed by atoms with Crippen LogP contribution in [-0.2, 0) is 0 Å². The fraction of sp³-hybridized carbons (Fsp3) is 0.143. The van der Waals surface area contributed by atoms with E-state index in [2.05, 4.69) is 5.54 Å². The number of rotatable bonds is 1. The first-order valence-electron chi connectivity index (χ1n) is 2.72. The first kappa shape index (κ1) is 6.08. The van der Waals surface area contributed by atoms with E-state index in [0.717, 1.165) is 5.56 Å². The summed E-state index contributed by atoms with van der Waals surface area (Å²) in [6, 6.07) is 7.06. The smallest absolute Gasteiger partial charge is 0.0874 e. The van der Waals surface area contributed by atoms with Crippen LogP contribution >= 0.6 is 0 Å². The normalized spacial score (nSPS) is 9.11. The summed E-state index contributed by atoms with van der Waals surface area (Å²) < 4.78 is 11.6. The van der Waals surface area contributed by atoms with E-state index in [1.165, 1.54) is 0 Å². The summed E-state index contributed by atoms with van der Waals surface area (Å²) in [6.45, 7) is 1.82. The summed E-state index contributed by atoms with van der Waals surface area (Å²) in [5.41, 5.74) is 3.85. The molecule has 1 aromatic rings. The standard InChI is InChI=1S/C7H7FN/c1-6-4-2-3-5-7(6)9-8/h2-5H,1H3. The van der Waals surface area contributed by atoms with Gasteiger partial charge >= 0.3 is 0 Å². The second-order valence-corrected chi connectivity index (χ2v) is 1.87. The van der Waals surface area contributed by atoms with Gasteiger partial charge in [0.05, 0.1) is 5.69 Å². The molecule has 0 heterocycles. The van der Waals surface area contributed by atoms with Crippen LogP contribution in [0.25, 0.3) is 0 Å². The van der Waals surface area contributed by atoms with Gasteiger partial charge in [-0.2, -0.15) is 0 Å². The third-order valence-electron chi connectivity index (χ3n) is 1.21. The quantitative estimate of drug-likeness (QED) is 0.544. The van der Waals surface area contributed by atoms with Gasteiger partial charge in [-0.3, -0.25) is 0 Å². The molecule has 0 aliphatic heterocycles. The van der Waals surface area contributed by atoms with Crippen LogP contribution in [0.1, 0.15) is 5.56 Å². The molecular weight excluding hydrogens is 117 g/mol. The van der Waals surface area contributed by atoms with Gasteiger partial charge in [0.1, 0.15) is 0 Å². The van der Waals surface area contributed by atoms with E-state index in [4.69, 9.17) is 0 Å². The number of hydrogen-bond acceptors (Lipinski definition) is 0. The highest BCUT2D eigenvalue weighted by Crippen LogP contribution is 2.12. The van der Waals surface area contributed by atoms with Gasteiger partial charge in [0.25, 0.3) is 0 Å². The molecule has 0 atom stereocenters. The van der Waals surface area contributed by atoms with Crippen LogP contribution in [0, 0.1) is 6.92 Å². The second-order valence-electron chi connectivity index (χ2n) is 1.87. The SMILES string of the molecule is Cc1ccccc1[N]F. The molecule has 1 nitrogen and oxygen atoms in total. The first-order valence-corrected chi connectivity index (χ1v) is 2.72. The molecule has 0 aliphatic carbocycles. The Labute approximate surface area is 53.4 Å². The van der Waals surface area contributed by atoms with Crippen LogP contribution in [0.15, 0.2) is 24.3 Å². The Hall–Kier alpha value is -1.05. The number of halogens is 1. The molecule has 0 aromatic heterocycles. The van der Waals surface area contributed by atoms with Crippen molar-refractivity contribution in [3.8, 4) is 0 Å². The van der Waals surface area contributed by atoms with Crippen molar-refractivity contribution in [3.05, 3.63) is 29.8 Å². The Morgan fingerprint density at radius 1 is 1.33 bits per heavy atom. The van der Waals surface area contributed by atoms with Crippen LogP contribution in [0.3, 0.4) is 0 Å². The summed E-state index contributed by atoms with van der Waals surface area (Å²) in [5, 5.41) is 0. The first-order chi connectivity index (χ1) is 4.34. The van der Waals surface area contributed by atoms with Crippen LogP contribution < -0.4 is 5.54 Å². The molecular formula is C7H7FN. The summed E-state index contributed by atoms with van der Waals surface area (Å²) >= 11 is 0. The minimum atomic E-state index is 0.414. The Balaban J connectivity index is 3.01. The zero-order chi connectivity index (χ0) is 6.69. The van der Waals surface area contributed by atoms with Gasteiger partial charge in [-0.05, 0) is 18.6 Å². The van der Waals surface area contributed by atoms with Crippen molar-refractivity contribution in [2.75, 3.05) is 0 Å². The summed E-state index contributed by atoms with van der Waals surface area (Å²) in [6.07, 6.45) is 0. The van der Waals surface area contributed by atoms with Crippen LogP contribution in [0.2, 0.25) is 0 Å². The van der Waals surface area contributed by atoms with Crippen molar-refractivity contribution >= 4 is 5.69 Å². The minimum absolute atomic E-state index is 0.414. The Morgan fingerprint density at radius 2 is 2.00 bits per heavy atom. The maximum atomic E-state index is 11.6. The van der Waals surface area contributed by atoms with Gasteiger partial charge in [0.2, 0.25) is 0 Å². The average molecular weight is 124 g/mol. The average Bonchev–Trinajstić information content (AvgIpc) is 1.89.